The first kappa shape index (κ1) is 12.5. The van der Waals surface area contributed by atoms with Gasteiger partial charge in [0.25, 0.3) is 0 Å². The summed E-state index contributed by atoms with van der Waals surface area (Å²) in [4.78, 5) is 0. The molecule has 2 aromatic rings. The molecule has 0 atom stereocenters. The SMILES string of the molecule is OCc1n[nH]c(=S)n1-c1cc(Cl)c(F)c(Cl)c1. The number of halogens is 3. The lowest BCUT2D eigenvalue weighted by Gasteiger charge is -2.07. The molecule has 0 saturated heterocycles. The molecule has 1 aromatic carbocycles. The Morgan fingerprint density at radius 2 is 2.00 bits per heavy atom. The lowest BCUT2D eigenvalue weighted by Crippen LogP contribution is -2.02. The molecule has 0 unspecified atom stereocenters. The van der Waals surface area contributed by atoms with Gasteiger partial charge in [0.2, 0.25) is 0 Å². The van der Waals surface area contributed by atoms with Gasteiger partial charge in [0, 0.05) is 0 Å². The van der Waals surface area contributed by atoms with Crippen LogP contribution in [0.2, 0.25) is 10.0 Å². The van der Waals surface area contributed by atoms with Gasteiger partial charge in [0.05, 0.1) is 15.7 Å². The van der Waals surface area contributed by atoms with E-state index in [9.17, 15) is 4.39 Å². The van der Waals surface area contributed by atoms with Gasteiger partial charge < -0.3 is 5.11 Å². The number of aromatic nitrogens is 3. The fourth-order valence-electron chi connectivity index (χ4n) is 1.37. The molecule has 1 heterocycles. The lowest BCUT2D eigenvalue weighted by molar-refractivity contribution is 0.269. The second-order valence-corrected chi connectivity index (χ2v) is 4.36. The number of hydrogen-bond acceptors (Lipinski definition) is 3. The molecule has 0 aliphatic carbocycles. The third-order valence-electron chi connectivity index (χ3n) is 2.11. The normalized spacial score (nSPS) is 10.8. The van der Waals surface area contributed by atoms with Crippen molar-refractivity contribution in [1.29, 1.82) is 0 Å². The fraction of sp³-hybridized carbons (Fsp3) is 0.111. The van der Waals surface area contributed by atoms with Gasteiger partial charge in [-0.2, -0.15) is 5.10 Å². The van der Waals surface area contributed by atoms with Crippen molar-refractivity contribution >= 4 is 35.4 Å². The Morgan fingerprint density at radius 1 is 1.41 bits per heavy atom. The Hall–Kier alpha value is -0.950. The van der Waals surface area contributed by atoms with Crippen LogP contribution in [0.25, 0.3) is 5.69 Å². The number of hydrogen-bond donors (Lipinski definition) is 2. The van der Waals surface area contributed by atoms with Gasteiger partial charge in [-0.05, 0) is 24.4 Å². The van der Waals surface area contributed by atoms with Crippen molar-refractivity contribution in [3.63, 3.8) is 0 Å². The Morgan fingerprint density at radius 3 is 2.53 bits per heavy atom. The average Bonchev–Trinajstić information content (AvgIpc) is 2.66. The van der Waals surface area contributed by atoms with Crippen LogP contribution in [0.15, 0.2) is 12.1 Å². The van der Waals surface area contributed by atoms with E-state index in [-0.39, 0.29) is 27.2 Å². The van der Waals surface area contributed by atoms with E-state index in [1.807, 2.05) is 0 Å². The Bertz CT molecular complexity index is 602. The van der Waals surface area contributed by atoms with E-state index in [2.05, 4.69) is 10.2 Å². The fourth-order valence-corrected chi connectivity index (χ4v) is 2.11. The zero-order chi connectivity index (χ0) is 12.6. The van der Waals surface area contributed by atoms with E-state index in [0.29, 0.717) is 5.69 Å². The molecule has 1 aromatic heterocycles. The highest BCUT2D eigenvalue weighted by Crippen LogP contribution is 2.27. The standard InChI is InChI=1S/C9H6Cl2FN3OS/c10-5-1-4(2-6(11)8(5)12)15-7(3-16)13-14-9(15)17/h1-2,16H,3H2,(H,14,17). The van der Waals surface area contributed by atoms with Crippen LogP contribution < -0.4 is 0 Å². The van der Waals surface area contributed by atoms with Crippen LogP contribution in [0.1, 0.15) is 5.82 Å². The highest BCUT2D eigenvalue weighted by Gasteiger charge is 2.12. The van der Waals surface area contributed by atoms with Crippen LogP contribution >= 0.6 is 35.4 Å². The van der Waals surface area contributed by atoms with Crippen LogP contribution in [0.3, 0.4) is 0 Å². The molecule has 0 spiro atoms. The van der Waals surface area contributed by atoms with Gasteiger partial charge in [-0.1, -0.05) is 23.2 Å². The second-order valence-electron chi connectivity index (χ2n) is 3.16. The van der Waals surface area contributed by atoms with Gasteiger partial charge in [-0.15, -0.1) is 0 Å². The van der Waals surface area contributed by atoms with E-state index in [1.165, 1.54) is 16.7 Å². The summed E-state index contributed by atoms with van der Waals surface area (Å²) >= 11 is 16.4. The molecule has 4 nitrogen and oxygen atoms in total. The molecule has 0 fully saturated rings. The molecule has 0 amide bonds. The average molecular weight is 294 g/mol. The van der Waals surface area contributed by atoms with E-state index in [1.54, 1.807) is 0 Å². The lowest BCUT2D eigenvalue weighted by atomic mass is 10.3. The van der Waals surface area contributed by atoms with Gasteiger partial charge in [0.15, 0.2) is 16.4 Å². The summed E-state index contributed by atoms with van der Waals surface area (Å²) in [6, 6.07) is 2.71. The molecule has 90 valence electrons. The van der Waals surface area contributed by atoms with Gasteiger partial charge in [-0.3, -0.25) is 9.67 Å². The molecule has 8 heteroatoms. The van der Waals surface area contributed by atoms with Crippen molar-refractivity contribution in [3.05, 3.63) is 38.6 Å². The first-order chi connectivity index (χ1) is 8.04. The van der Waals surface area contributed by atoms with Crippen molar-refractivity contribution in [1.82, 2.24) is 14.8 Å². The summed E-state index contributed by atoms with van der Waals surface area (Å²) in [5.41, 5.74) is 0.434. The number of H-pyrrole nitrogens is 1. The number of aliphatic hydroxyl groups excluding tert-OH is 1. The number of benzene rings is 1. The van der Waals surface area contributed by atoms with Gasteiger partial charge >= 0.3 is 0 Å². The van der Waals surface area contributed by atoms with Crippen LogP contribution in [-0.4, -0.2) is 19.9 Å². The number of nitrogens with zero attached hydrogens (tertiary/aromatic N) is 2. The quantitative estimate of drug-likeness (QED) is 0.661. The predicted molar refractivity (Wildman–Crippen MR) is 64.6 cm³/mol. The summed E-state index contributed by atoms with van der Waals surface area (Å²) < 4.78 is 14.9. The van der Waals surface area contributed by atoms with Gasteiger partial charge in [-0.25, -0.2) is 4.39 Å². The van der Waals surface area contributed by atoms with Gasteiger partial charge in [0.1, 0.15) is 6.61 Å². The topological polar surface area (TPSA) is 53.8 Å². The van der Waals surface area contributed by atoms with E-state index in [4.69, 9.17) is 40.5 Å². The smallest absolute Gasteiger partial charge is 0.199 e. The summed E-state index contributed by atoms with van der Waals surface area (Å²) in [6.45, 7) is -0.320. The van der Waals surface area contributed by atoms with E-state index < -0.39 is 5.82 Å². The first-order valence-electron chi connectivity index (χ1n) is 4.46. The van der Waals surface area contributed by atoms with Crippen molar-refractivity contribution < 1.29 is 9.50 Å². The molecule has 0 bridgehead atoms. The summed E-state index contributed by atoms with van der Waals surface area (Å²) in [6.07, 6.45) is 0. The summed E-state index contributed by atoms with van der Waals surface area (Å²) in [5.74, 6) is -0.411. The maximum absolute atomic E-state index is 13.3. The minimum Gasteiger partial charge on any atom is -0.388 e. The van der Waals surface area contributed by atoms with E-state index in [0.717, 1.165) is 0 Å². The Labute approximate surface area is 111 Å². The van der Waals surface area contributed by atoms with Crippen molar-refractivity contribution in [3.8, 4) is 5.69 Å². The molecule has 2 rings (SSSR count). The summed E-state index contributed by atoms with van der Waals surface area (Å²) in [5, 5.41) is 15.2. The molecule has 0 radical (unpaired) electrons. The highest BCUT2D eigenvalue weighted by molar-refractivity contribution is 7.71. The van der Waals surface area contributed by atoms with Crippen molar-refractivity contribution in [2.75, 3.05) is 0 Å². The van der Waals surface area contributed by atoms with Crippen LogP contribution in [0.4, 0.5) is 4.39 Å². The molecular weight excluding hydrogens is 288 g/mol. The molecule has 0 aliphatic rings. The largest absolute Gasteiger partial charge is 0.388 e. The molecule has 2 N–H and O–H groups in total. The number of nitrogens with one attached hydrogen (secondary N) is 1. The third-order valence-corrected chi connectivity index (χ3v) is 2.93. The van der Waals surface area contributed by atoms with Crippen molar-refractivity contribution in [2.24, 2.45) is 0 Å². The third kappa shape index (κ3) is 2.21. The Balaban J connectivity index is 2.69. The number of aliphatic hydroxyl groups is 1. The maximum atomic E-state index is 13.3. The minimum atomic E-state index is -0.697. The minimum absolute atomic E-state index is 0.125. The zero-order valence-corrected chi connectivity index (χ0v) is 10.6. The van der Waals surface area contributed by atoms with E-state index >= 15 is 0 Å². The molecule has 17 heavy (non-hydrogen) atoms. The van der Waals surface area contributed by atoms with Crippen LogP contribution in [0, 0.1) is 10.6 Å². The zero-order valence-electron chi connectivity index (χ0n) is 8.25. The summed E-state index contributed by atoms with van der Waals surface area (Å²) in [7, 11) is 0. The highest BCUT2D eigenvalue weighted by atomic mass is 35.5. The second kappa shape index (κ2) is 4.73. The number of rotatable bonds is 2. The predicted octanol–water partition coefficient (Wildman–Crippen LogP) is 2.87. The van der Waals surface area contributed by atoms with Crippen molar-refractivity contribution in [2.45, 2.75) is 6.61 Å². The Kier molecular flexibility index (Phi) is 3.48. The molecule has 0 saturated carbocycles. The molecular formula is C9H6Cl2FN3OS. The van der Waals surface area contributed by atoms with Crippen LogP contribution in [-0.2, 0) is 6.61 Å². The monoisotopic (exact) mass is 293 g/mol. The molecule has 0 aliphatic heterocycles. The van der Waals surface area contributed by atoms with Crippen LogP contribution in [0.5, 0.6) is 0 Å². The maximum Gasteiger partial charge on any atom is 0.199 e. The number of aromatic amines is 1. The first-order valence-corrected chi connectivity index (χ1v) is 5.63.